The van der Waals surface area contributed by atoms with Crippen LogP contribution in [0.15, 0.2) is 34.2 Å². The second-order valence-electron chi connectivity index (χ2n) is 7.85. The Morgan fingerprint density at radius 2 is 1.94 bits per heavy atom. The van der Waals surface area contributed by atoms with Crippen molar-refractivity contribution >= 4 is 45.3 Å². The van der Waals surface area contributed by atoms with Crippen LogP contribution in [0.5, 0.6) is 0 Å². The van der Waals surface area contributed by atoms with Gasteiger partial charge in [0.15, 0.2) is 5.16 Å². The zero-order valence-corrected chi connectivity index (χ0v) is 19.8. The lowest BCUT2D eigenvalue weighted by atomic mass is 9.97. The van der Waals surface area contributed by atoms with Crippen LogP contribution < -0.4 is 16.2 Å². The molecule has 1 aliphatic carbocycles. The standard InChI is InChI=1S/C23H26N4O3S2/c1-3-12-24-22(30)25-18(28)13-31-23-26-20-19(16-6-4-5-7-17(16)32-20)21(29)27(23)15-10-8-14(2)9-11-15/h8-11H,3-7,12-13H2,1-2H3,(H2,24,25,28,30). The molecule has 1 aliphatic rings. The molecule has 0 saturated heterocycles. The Balaban J connectivity index is 1.69. The van der Waals surface area contributed by atoms with E-state index >= 15 is 0 Å². The Labute approximate surface area is 194 Å². The maximum Gasteiger partial charge on any atom is 0.321 e. The number of nitrogens with zero attached hydrogens (tertiary/aromatic N) is 2. The van der Waals surface area contributed by atoms with Crippen molar-refractivity contribution in [2.24, 2.45) is 0 Å². The summed E-state index contributed by atoms with van der Waals surface area (Å²) in [6, 6.07) is 7.18. The topological polar surface area (TPSA) is 93.1 Å². The van der Waals surface area contributed by atoms with Crippen molar-refractivity contribution in [1.82, 2.24) is 20.2 Å². The minimum atomic E-state index is -0.511. The molecule has 7 nitrogen and oxygen atoms in total. The maximum absolute atomic E-state index is 13.7. The lowest BCUT2D eigenvalue weighted by Gasteiger charge is -2.14. The van der Waals surface area contributed by atoms with E-state index in [1.807, 2.05) is 38.1 Å². The third kappa shape index (κ3) is 4.73. The van der Waals surface area contributed by atoms with Gasteiger partial charge in [-0.25, -0.2) is 9.78 Å². The van der Waals surface area contributed by atoms with Gasteiger partial charge >= 0.3 is 6.03 Å². The summed E-state index contributed by atoms with van der Waals surface area (Å²) in [5.74, 6) is -0.451. The highest BCUT2D eigenvalue weighted by atomic mass is 32.2. The molecule has 0 unspecified atom stereocenters. The van der Waals surface area contributed by atoms with Crippen LogP contribution in [-0.4, -0.2) is 33.8 Å². The lowest BCUT2D eigenvalue weighted by Crippen LogP contribution is -2.40. The van der Waals surface area contributed by atoms with E-state index in [4.69, 9.17) is 4.98 Å². The number of amides is 3. The third-order valence-corrected chi connectivity index (χ3v) is 7.50. The Hall–Kier alpha value is -2.65. The summed E-state index contributed by atoms with van der Waals surface area (Å²) in [4.78, 5) is 44.5. The van der Waals surface area contributed by atoms with Crippen molar-refractivity contribution in [3.63, 3.8) is 0 Å². The molecule has 1 aromatic carbocycles. The van der Waals surface area contributed by atoms with Crippen molar-refractivity contribution in [1.29, 1.82) is 0 Å². The molecule has 168 valence electrons. The van der Waals surface area contributed by atoms with Gasteiger partial charge in [-0.15, -0.1) is 11.3 Å². The van der Waals surface area contributed by atoms with Gasteiger partial charge in [-0.05, 0) is 56.7 Å². The lowest BCUT2D eigenvalue weighted by molar-refractivity contribution is -0.117. The fourth-order valence-electron chi connectivity index (χ4n) is 3.78. The van der Waals surface area contributed by atoms with Crippen LogP contribution in [0.2, 0.25) is 0 Å². The van der Waals surface area contributed by atoms with E-state index < -0.39 is 11.9 Å². The predicted octanol–water partition coefficient (Wildman–Crippen LogP) is 3.96. The van der Waals surface area contributed by atoms with E-state index in [1.165, 1.54) is 4.88 Å². The number of carbonyl (C=O) groups is 2. The molecule has 3 aromatic rings. The van der Waals surface area contributed by atoms with Crippen LogP contribution in [0.4, 0.5) is 4.79 Å². The number of thiophene rings is 1. The first kappa shape index (κ1) is 22.5. The zero-order chi connectivity index (χ0) is 22.7. The van der Waals surface area contributed by atoms with Gasteiger partial charge in [-0.1, -0.05) is 36.4 Å². The minimum Gasteiger partial charge on any atom is -0.338 e. The fourth-order valence-corrected chi connectivity index (χ4v) is 5.90. The number of thioether (sulfide) groups is 1. The smallest absolute Gasteiger partial charge is 0.321 e. The number of nitrogens with one attached hydrogen (secondary N) is 2. The highest BCUT2D eigenvalue weighted by Gasteiger charge is 2.23. The van der Waals surface area contributed by atoms with E-state index in [9.17, 15) is 14.4 Å². The number of hydrogen-bond donors (Lipinski definition) is 2. The summed E-state index contributed by atoms with van der Waals surface area (Å²) in [5.41, 5.74) is 2.85. The first-order valence-electron chi connectivity index (χ1n) is 10.8. The molecule has 9 heteroatoms. The number of benzene rings is 1. The molecule has 2 aromatic heterocycles. The second-order valence-corrected chi connectivity index (χ2v) is 9.88. The van der Waals surface area contributed by atoms with Crippen LogP contribution in [0.3, 0.4) is 0 Å². The zero-order valence-electron chi connectivity index (χ0n) is 18.2. The molecule has 0 aliphatic heterocycles. The molecule has 0 bridgehead atoms. The molecule has 0 atom stereocenters. The molecule has 2 heterocycles. The van der Waals surface area contributed by atoms with E-state index in [2.05, 4.69) is 10.6 Å². The van der Waals surface area contributed by atoms with Gasteiger partial charge in [0.2, 0.25) is 5.91 Å². The van der Waals surface area contributed by atoms with Crippen LogP contribution in [0.1, 0.15) is 42.2 Å². The molecule has 3 amide bonds. The Morgan fingerprint density at radius 1 is 1.19 bits per heavy atom. The number of aryl methyl sites for hydroxylation is 3. The largest absolute Gasteiger partial charge is 0.338 e. The highest BCUT2D eigenvalue weighted by Crippen LogP contribution is 2.35. The Bertz CT molecular complexity index is 1210. The number of fused-ring (bicyclic) bond motifs is 3. The number of imide groups is 1. The predicted molar refractivity (Wildman–Crippen MR) is 129 cm³/mol. The van der Waals surface area contributed by atoms with Gasteiger partial charge < -0.3 is 5.32 Å². The van der Waals surface area contributed by atoms with Crippen LogP contribution >= 0.6 is 23.1 Å². The van der Waals surface area contributed by atoms with Crippen molar-refractivity contribution < 1.29 is 9.59 Å². The second kappa shape index (κ2) is 9.87. The van der Waals surface area contributed by atoms with E-state index in [0.717, 1.165) is 59.8 Å². The van der Waals surface area contributed by atoms with E-state index in [1.54, 1.807) is 15.9 Å². The molecule has 2 N–H and O–H groups in total. The molecule has 0 fully saturated rings. The normalized spacial score (nSPS) is 13.1. The van der Waals surface area contributed by atoms with Crippen molar-refractivity contribution in [2.45, 2.75) is 51.1 Å². The Kier molecular flexibility index (Phi) is 6.95. The summed E-state index contributed by atoms with van der Waals surface area (Å²) in [6.45, 7) is 4.43. The summed E-state index contributed by atoms with van der Waals surface area (Å²) < 4.78 is 1.60. The number of urea groups is 1. The summed E-state index contributed by atoms with van der Waals surface area (Å²) in [6.07, 6.45) is 4.89. The van der Waals surface area contributed by atoms with Crippen LogP contribution in [0, 0.1) is 6.92 Å². The van der Waals surface area contributed by atoms with Crippen LogP contribution in [-0.2, 0) is 17.6 Å². The Morgan fingerprint density at radius 3 is 2.69 bits per heavy atom. The molecule has 0 radical (unpaired) electrons. The van der Waals surface area contributed by atoms with Gasteiger partial charge in [-0.3, -0.25) is 19.5 Å². The first-order chi connectivity index (χ1) is 15.5. The summed E-state index contributed by atoms with van der Waals surface area (Å²) >= 11 is 2.75. The number of rotatable bonds is 6. The summed E-state index contributed by atoms with van der Waals surface area (Å²) in [5, 5.41) is 6.10. The molecule has 4 rings (SSSR count). The number of aromatic nitrogens is 2. The fraction of sp³-hybridized carbons (Fsp3) is 0.391. The molecular formula is C23H26N4O3S2. The van der Waals surface area contributed by atoms with Gasteiger partial charge in [0.25, 0.3) is 5.56 Å². The van der Waals surface area contributed by atoms with Gasteiger partial charge in [0.1, 0.15) is 4.83 Å². The minimum absolute atomic E-state index is 0.0194. The van der Waals surface area contributed by atoms with Crippen molar-refractivity contribution in [3.05, 3.63) is 50.6 Å². The molecule has 0 saturated carbocycles. The highest BCUT2D eigenvalue weighted by molar-refractivity contribution is 7.99. The molecular weight excluding hydrogens is 444 g/mol. The van der Waals surface area contributed by atoms with Crippen molar-refractivity contribution in [2.75, 3.05) is 12.3 Å². The van der Waals surface area contributed by atoms with Crippen molar-refractivity contribution in [3.8, 4) is 5.69 Å². The number of hydrogen-bond acceptors (Lipinski definition) is 6. The van der Waals surface area contributed by atoms with Gasteiger partial charge in [-0.2, -0.15) is 0 Å². The summed E-state index contributed by atoms with van der Waals surface area (Å²) in [7, 11) is 0. The number of carbonyl (C=O) groups excluding carboxylic acids is 2. The van der Waals surface area contributed by atoms with Gasteiger partial charge in [0, 0.05) is 11.4 Å². The average Bonchev–Trinajstić information content (AvgIpc) is 3.16. The monoisotopic (exact) mass is 470 g/mol. The van der Waals surface area contributed by atoms with Gasteiger partial charge in [0.05, 0.1) is 16.8 Å². The third-order valence-electron chi connectivity index (χ3n) is 5.37. The quantitative estimate of drug-likeness (QED) is 0.420. The van der Waals surface area contributed by atoms with E-state index in [0.29, 0.717) is 22.8 Å². The van der Waals surface area contributed by atoms with Crippen LogP contribution in [0.25, 0.3) is 15.9 Å². The first-order valence-corrected chi connectivity index (χ1v) is 12.6. The van der Waals surface area contributed by atoms with E-state index in [-0.39, 0.29) is 11.3 Å². The molecule has 0 spiro atoms. The SMILES string of the molecule is CCCNC(=O)NC(=O)CSc1nc2sc3c(c2c(=O)n1-c1ccc(C)cc1)CCCC3. The molecule has 32 heavy (non-hydrogen) atoms. The maximum atomic E-state index is 13.7. The average molecular weight is 471 g/mol.